The minimum absolute atomic E-state index is 0.113. The number of aliphatic hydroxyl groups is 1. The van der Waals surface area contributed by atoms with Crippen molar-refractivity contribution in [1.82, 2.24) is 0 Å². The molecule has 2 saturated carbocycles. The Morgan fingerprint density at radius 3 is 2.12 bits per heavy atom. The van der Waals surface area contributed by atoms with Gasteiger partial charge in [0, 0.05) is 6.61 Å². The van der Waals surface area contributed by atoms with Crippen molar-refractivity contribution in [1.29, 1.82) is 0 Å². The third-order valence-corrected chi connectivity index (χ3v) is 4.48. The van der Waals surface area contributed by atoms with Gasteiger partial charge < -0.3 is 9.84 Å². The summed E-state index contributed by atoms with van der Waals surface area (Å²) < 4.78 is 5.80. The lowest BCUT2D eigenvalue weighted by molar-refractivity contribution is -0.0819. The van der Waals surface area contributed by atoms with Crippen LogP contribution in [0.4, 0.5) is 0 Å². The van der Waals surface area contributed by atoms with E-state index in [1.807, 2.05) is 6.92 Å². The summed E-state index contributed by atoms with van der Waals surface area (Å²) in [4.78, 5) is 0. The zero-order valence-electron chi connectivity index (χ0n) is 11.6. The fraction of sp³-hybridized carbons (Fsp3) is 1.00. The maximum Gasteiger partial charge on any atom is 0.0864 e. The van der Waals surface area contributed by atoms with Crippen molar-refractivity contribution in [3.05, 3.63) is 0 Å². The Hall–Kier alpha value is -0.0800. The zero-order valence-corrected chi connectivity index (χ0v) is 11.6. The molecule has 0 heterocycles. The lowest BCUT2D eigenvalue weighted by Gasteiger charge is -2.37. The third kappa shape index (κ3) is 3.45. The maximum absolute atomic E-state index is 10.6. The fourth-order valence-corrected chi connectivity index (χ4v) is 3.69. The molecule has 100 valence electrons. The highest BCUT2D eigenvalue weighted by molar-refractivity contribution is 4.91. The first-order chi connectivity index (χ1) is 8.11. The third-order valence-electron chi connectivity index (χ3n) is 4.48. The van der Waals surface area contributed by atoms with Crippen LogP contribution < -0.4 is 0 Å². The SMILES string of the molecule is CCOC(C1CC1)C(O)C1CC(C)CC(C)C1. The minimum Gasteiger partial charge on any atom is -0.390 e. The molecule has 0 aliphatic heterocycles. The molecule has 2 aliphatic carbocycles. The fourth-order valence-electron chi connectivity index (χ4n) is 3.69. The van der Waals surface area contributed by atoms with E-state index < -0.39 is 0 Å². The van der Waals surface area contributed by atoms with Crippen molar-refractivity contribution >= 4 is 0 Å². The predicted molar refractivity (Wildman–Crippen MR) is 69.8 cm³/mol. The maximum atomic E-state index is 10.6. The summed E-state index contributed by atoms with van der Waals surface area (Å²) in [5.41, 5.74) is 0. The normalized spacial score (nSPS) is 37.8. The van der Waals surface area contributed by atoms with Crippen molar-refractivity contribution in [2.75, 3.05) is 6.61 Å². The zero-order chi connectivity index (χ0) is 12.4. The topological polar surface area (TPSA) is 29.5 Å². The number of hydrogen-bond donors (Lipinski definition) is 1. The molecule has 2 aliphatic rings. The molecule has 0 aromatic carbocycles. The first-order valence-corrected chi connectivity index (χ1v) is 7.41. The average molecular weight is 240 g/mol. The Kier molecular flexibility index (Phi) is 4.48. The van der Waals surface area contributed by atoms with E-state index in [0.29, 0.717) is 11.8 Å². The summed E-state index contributed by atoms with van der Waals surface area (Å²) in [6.07, 6.45) is 6.07. The van der Waals surface area contributed by atoms with Gasteiger partial charge in [-0.3, -0.25) is 0 Å². The Balaban J connectivity index is 1.94. The molecular formula is C15H28O2. The molecule has 17 heavy (non-hydrogen) atoms. The second-order valence-corrected chi connectivity index (χ2v) is 6.43. The molecule has 0 amide bonds. The molecule has 1 N–H and O–H groups in total. The van der Waals surface area contributed by atoms with Crippen LogP contribution in [0.2, 0.25) is 0 Å². The van der Waals surface area contributed by atoms with Gasteiger partial charge in [0.25, 0.3) is 0 Å². The highest BCUT2D eigenvalue weighted by Gasteiger charge is 2.41. The smallest absolute Gasteiger partial charge is 0.0864 e. The minimum atomic E-state index is -0.229. The van der Waals surface area contributed by atoms with Gasteiger partial charge in [0.2, 0.25) is 0 Å². The van der Waals surface area contributed by atoms with Crippen LogP contribution in [0, 0.1) is 23.7 Å². The van der Waals surface area contributed by atoms with Gasteiger partial charge in [-0.2, -0.15) is 0 Å². The quantitative estimate of drug-likeness (QED) is 0.799. The molecule has 2 nitrogen and oxygen atoms in total. The van der Waals surface area contributed by atoms with Gasteiger partial charge in [-0.25, -0.2) is 0 Å². The highest BCUT2D eigenvalue weighted by atomic mass is 16.5. The van der Waals surface area contributed by atoms with E-state index in [9.17, 15) is 5.11 Å². The summed E-state index contributed by atoms with van der Waals surface area (Å²) in [6.45, 7) is 7.41. The molecular weight excluding hydrogens is 212 g/mol. The van der Waals surface area contributed by atoms with Gasteiger partial charge in [0.05, 0.1) is 12.2 Å². The molecule has 2 rings (SSSR count). The molecule has 2 heteroatoms. The first-order valence-electron chi connectivity index (χ1n) is 7.41. The van der Waals surface area contributed by atoms with E-state index in [1.54, 1.807) is 0 Å². The standard InChI is InChI=1S/C15H28O2/c1-4-17-15(12-5-6-12)14(16)13-8-10(2)7-11(3)9-13/h10-16H,4-9H2,1-3H3. The van der Waals surface area contributed by atoms with Crippen molar-refractivity contribution in [3.63, 3.8) is 0 Å². The van der Waals surface area contributed by atoms with Gasteiger partial charge in [-0.15, -0.1) is 0 Å². The Bertz CT molecular complexity index is 227. The molecule has 0 bridgehead atoms. The van der Waals surface area contributed by atoms with Gasteiger partial charge in [0.1, 0.15) is 0 Å². The molecule has 4 unspecified atom stereocenters. The molecule has 4 atom stereocenters. The van der Waals surface area contributed by atoms with E-state index in [-0.39, 0.29) is 12.2 Å². The largest absolute Gasteiger partial charge is 0.390 e. The van der Waals surface area contributed by atoms with Crippen molar-refractivity contribution < 1.29 is 9.84 Å². The van der Waals surface area contributed by atoms with E-state index in [4.69, 9.17) is 4.74 Å². The van der Waals surface area contributed by atoms with Gasteiger partial charge in [-0.1, -0.05) is 13.8 Å². The molecule has 0 radical (unpaired) electrons. The van der Waals surface area contributed by atoms with E-state index in [0.717, 1.165) is 18.4 Å². The second-order valence-electron chi connectivity index (χ2n) is 6.43. The number of aliphatic hydroxyl groups excluding tert-OH is 1. The molecule has 0 saturated heterocycles. The lowest BCUT2D eigenvalue weighted by atomic mass is 9.73. The van der Waals surface area contributed by atoms with E-state index in [2.05, 4.69) is 13.8 Å². The number of hydrogen-bond acceptors (Lipinski definition) is 2. The van der Waals surface area contributed by atoms with Crippen LogP contribution in [0.15, 0.2) is 0 Å². The van der Waals surface area contributed by atoms with Crippen LogP contribution >= 0.6 is 0 Å². The van der Waals surface area contributed by atoms with Gasteiger partial charge in [0.15, 0.2) is 0 Å². The van der Waals surface area contributed by atoms with Crippen LogP contribution in [0.1, 0.15) is 52.9 Å². The average Bonchev–Trinajstić information content (AvgIpc) is 3.07. The van der Waals surface area contributed by atoms with Crippen molar-refractivity contribution in [2.45, 2.75) is 65.1 Å². The van der Waals surface area contributed by atoms with Crippen molar-refractivity contribution in [3.8, 4) is 0 Å². The van der Waals surface area contributed by atoms with Crippen LogP contribution in [0.5, 0.6) is 0 Å². The molecule has 2 fully saturated rings. The number of ether oxygens (including phenoxy) is 1. The van der Waals surface area contributed by atoms with Crippen LogP contribution in [-0.4, -0.2) is 23.9 Å². The first kappa shape index (κ1) is 13.4. The van der Waals surface area contributed by atoms with E-state index in [1.165, 1.54) is 32.1 Å². The summed E-state index contributed by atoms with van der Waals surface area (Å²) in [7, 11) is 0. The second kappa shape index (κ2) is 5.71. The summed E-state index contributed by atoms with van der Waals surface area (Å²) >= 11 is 0. The highest BCUT2D eigenvalue weighted by Crippen LogP contribution is 2.41. The Morgan fingerprint density at radius 2 is 1.65 bits per heavy atom. The summed E-state index contributed by atoms with van der Waals surface area (Å²) in [5, 5.41) is 10.6. The van der Waals surface area contributed by atoms with Crippen molar-refractivity contribution in [2.24, 2.45) is 23.7 Å². The molecule has 0 spiro atoms. The molecule has 0 aromatic rings. The summed E-state index contributed by atoms with van der Waals surface area (Å²) in [6, 6.07) is 0. The van der Waals surface area contributed by atoms with Crippen LogP contribution in [0.25, 0.3) is 0 Å². The number of rotatable bonds is 5. The predicted octanol–water partition coefficient (Wildman–Crippen LogP) is 3.23. The summed E-state index contributed by atoms with van der Waals surface area (Å²) in [5.74, 6) is 2.63. The van der Waals surface area contributed by atoms with Gasteiger partial charge >= 0.3 is 0 Å². The van der Waals surface area contributed by atoms with E-state index >= 15 is 0 Å². The van der Waals surface area contributed by atoms with Crippen LogP contribution in [0.3, 0.4) is 0 Å². The molecule has 0 aromatic heterocycles. The Morgan fingerprint density at radius 1 is 1.06 bits per heavy atom. The van der Waals surface area contributed by atoms with Crippen LogP contribution in [-0.2, 0) is 4.74 Å². The van der Waals surface area contributed by atoms with Gasteiger partial charge in [-0.05, 0) is 62.7 Å². The monoisotopic (exact) mass is 240 g/mol. The Labute approximate surface area is 106 Å². The lowest BCUT2D eigenvalue weighted by Crippen LogP contribution is -2.40.